The third kappa shape index (κ3) is 3.19. The molecule has 0 saturated carbocycles. The fourth-order valence-electron chi connectivity index (χ4n) is 1.32. The van der Waals surface area contributed by atoms with Gasteiger partial charge >= 0.3 is 0 Å². The minimum Gasteiger partial charge on any atom is -0.386 e. The van der Waals surface area contributed by atoms with Crippen LogP contribution in [0.3, 0.4) is 0 Å². The van der Waals surface area contributed by atoms with E-state index in [4.69, 9.17) is 11.6 Å². The lowest BCUT2D eigenvalue weighted by atomic mass is 10.3. The van der Waals surface area contributed by atoms with Crippen LogP contribution < -0.4 is 0 Å². The summed E-state index contributed by atoms with van der Waals surface area (Å²) >= 11 is 5.81. The van der Waals surface area contributed by atoms with Crippen LogP contribution in [0.25, 0.3) is 0 Å². The monoisotopic (exact) mass is 252 g/mol. The molecule has 0 spiro atoms. The van der Waals surface area contributed by atoms with E-state index in [-0.39, 0.29) is 10.8 Å². The molecule has 0 aliphatic rings. The van der Waals surface area contributed by atoms with Crippen LogP contribution in [0.4, 0.5) is 0 Å². The van der Waals surface area contributed by atoms with Gasteiger partial charge in [0.15, 0.2) is 0 Å². The fourth-order valence-corrected chi connectivity index (χ4v) is 2.32. The van der Waals surface area contributed by atoms with Gasteiger partial charge in [-0.3, -0.25) is 4.68 Å². The molecule has 0 aliphatic heterocycles. The van der Waals surface area contributed by atoms with E-state index in [9.17, 15) is 13.5 Å². The number of sulfone groups is 1. The third-order valence-electron chi connectivity index (χ3n) is 1.91. The fraction of sp³-hybridized carbons (Fsp3) is 0.625. The highest BCUT2D eigenvalue weighted by atomic mass is 35.5. The van der Waals surface area contributed by atoms with Gasteiger partial charge in [0, 0.05) is 12.8 Å². The number of nitrogens with zero attached hydrogens (tertiary/aromatic N) is 2. The molecule has 0 bridgehead atoms. The molecule has 0 saturated heterocycles. The van der Waals surface area contributed by atoms with Crippen molar-refractivity contribution in [2.75, 3.05) is 12.0 Å². The molecule has 1 aromatic rings. The number of rotatable bonds is 4. The Balaban J connectivity index is 2.99. The van der Waals surface area contributed by atoms with Crippen LogP contribution in [0.5, 0.6) is 0 Å². The first-order valence-electron chi connectivity index (χ1n) is 4.42. The maximum Gasteiger partial charge on any atom is 0.150 e. The normalized spacial score (nSPS) is 14.1. The van der Waals surface area contributed by atoms with Crippen molar-refractivity contribution >= 4 is 21.4 Å². The molecule has 1 aromatic heterocycles. The lowest BCUT2D eigenvalue weighted by molar-refractivity contribution is 0.190. The quantitative estimate of drug-likeness (QED) is 0.853. The third-order valence-corrected chi connectivity index (χ3v) is 3.12. The summed E-state index contributed by atoms with van der Waals surface area (Å²) in [6.07, 6.45) is 1.33. The number of aromatic nitrogens is 2. The van der Waals surface area contributed by atoms with Gasteiger partial charge in [0.2, 0.25) is 0 Å². The number of halogens is 1. The second-order valence-electron chi connectivity index (χ2n) is 3.30. The molecule has 0 amide bonds. The summed E-state index contributed by atoms with van der Waals surface area (Å²) in [6, 6.07) is 0. The van der Waals surface area contributed by atoms with Crippen molar-refractivity contribution in [1.82, 2.24) is 9.78 Å². The Morgan fingerprint density at radius 1 is 1.67 bits per heavy atom. The van der Waals surface area contributed by atoms with Gasteiger partial charge in [0.1, 0.15) is 15.9 Å². The van der Waals surface area contributed by atoms with E-state index < -0.39 is 15.9 Å². The van der Waals surface area contributed by atoms with E-state index in [1.807, 2.05) is 6.92 Å². The second kappa shape index (κ2) is 4.51. The van der Waals surface area contributed by atoms with Gasteiger partial charge in [-0.05, 0) is 6.92 Å². The first kappa shape index (κ1) is 12.5. The summed E-state index contributed by atoms with van der Waals surface area (Å²) in [5, 5.41) is 13.9. The van der Waals surface area contributed by atoms with Crippen molar-refractivity contribution in [3.8, 4) is 0 Å². The number of aryl methyl sites for hydroxylation is 1. The topological polar surface area (TPSA) is 72.2 Å². The Morgan fingerprint density at radius 2 is 2.27 bits per heavy atom. The molecule has 15 heavy (non-hydrogen) atoms. The summed E-state index contributed by atoms with van der Waals surface area (Å²) < 4.78 is 23.5. The molecule has 86 valence electrons. The minimum atomic E-state index is -3.24. The van der Waals surface area contributed by atoms with Crippen LogP contribution in [0.2, 0.25) is 5.02 Å². The first-order valence-corrected chi connectivity index (χ1v) is 6.86. The number of hydrogen-bond acceptors (Lipinski definition) is 4. The molecular formula is C8H13ClN2O3S. The van der Waals surface area contributed by atoms with Gasteiger partial charge in [-0.25, -0.2) is 8.42 Å². The Kier molecular flexibility index (Phi) is 3.75. The lowest BCUT2D eigenvalue weighted by Gasteiger charge is -2.11. The smallest absolute Gasteiger partial charge is 0.150 e. The van der Waals surface area contributed by atoms with Gasteiger partial charge < -0.3 is 5.11 Å². The van der Waals surface area contributed by atoms with Crippen molar-refractivity contribution in [2.45, 2.75) is 19.6 Å². The largest absolute Gasteiger partial charge is 0.386 e. The Morgan fingerprint density at radius 3 is 2.73 bits per heavy atom. The molecule has 0 aromatic carbocycles. The van der Waals surface area contributed by atoms with Crippen molar-refractivity contribution < 1.29 is 13.5 Å². The van der Waals surface area contributed by atoms with E-state index in [0.717, 1.165) is 6.26 Å². The molecule has 5 nitrogen and oxygen atoms in total. The highest BCUT2D eigenvalue weighted by Crippen LogP contribution is 2.23. The number of aliphatic hydroxyl groups excluding tert-OH is 1. The summed E-state index contributed by atoms with van der Waals surface area (Å²) in [7, 11) is -3.24. The highest BCUT2D eigenvalue weighted by Gasteiger charge is 2.21. The molecule has 1 unspecified atom stereocenters. The SMILES string of the molecule is CCn1ncc(Cl)c1C(O)CS(C)(=O)=O. The van der Waals surface area contributed by atoms with Gasteiger partial charge in [0.25, 0.3) is 0 Å². The molecule has 0 radical (unpaired) electrons. The maximum absolute atomic E-state index is 11.0. The van der Waals surface area contributed by atoms with Crippen LogP contribution in [0.1, 0.15) is 18.7 Å². The summed E-state index contributed by atoms with van der Waals surface area (Å²) in [6.45, 7) is 2.36. The summed E-state index contributed by atoms with van der Waals surface area (Å²) in [5.74, 6) is -0.349. The number of hydrogen-bond donors (Lipinski definition) is 1. The van der Waals surface area contributed by atoms with Crippen molar-refractivity contribution in [2.24, 2.45) is 0 Å². The lowest BCUT2D eigenvalue weighted by Crippen LogP contribution is -2.17. The summed E-state index contributed by atoms with van der Waals surface area (Å²) in [5.41, 5.74) is 0.351. The van der Waals surface area contributed by atoms with E-state index in [1.165, 1.54) is 10.9 Å². The summed E-state index contributed by atoms with van der Waals surface area (Å²) in [4.78, 5) is 0. The standard InChI is InChI=1S/C8H13ClN2O3S/c1-3-11-8(6(9)4-10-11)7(12)5-15(2,13)14/h4,7,12H,3,5H2,1-2H3. The zero-order chi connectivity index (χ0) is 11.6. The Hall–Kier alpha value is -0.590. The van der Waals surface area contributed by atoms with Gasteiger partial charge in [-0.1, -0.05) is 11.6 Å². The average molecular weight is 253 g/mol. The van der Waals surface area contributed by atoms with Gasteiger partial charge in [-0.15, -0.1) is 0 Å². The van der Waals surface area contributed by atoms with Crippen LogP contribution in [-0.2, 0) is 16.4 Å². The van der Waals surface area contributed by atoms with E-state index in [2.05, 4.69) is 5.10 Å². The zero-order valence-corrected chi connectivity index (χ0v) is 10.1. The molecule has 1 N–H and O–H groups in total. The van der Waals surface area contributed by atoms with Crippen LogP contribution in [0.15, 0.2) is 6.20 Å². The van der Waals surface area contributed by atoms with Crippen LogP contribution >= 0.6 is 11.6 Å². The Bertz CT molecular complexity index is 441. The number of aliphatic hydroxyl groups is 1. The molecule has 1 rings (SSSR count). The van der Waals surface area contributed by atoms with E-state index in [0.29, 0.717) is 12.2 Å². The van der Waals surface area contributed by atoms with Crippen LogP contribution in [0, 0.1) is 0 Å². The van der Waals surface area contributed by atoms with Gasteiger partial charge in [-0.2, -0.15) is 5.10 Å². The highest BCUT2D eigenvalue weighted by molar-refractivity contribution is 7.90. The van der Waals surface area contributed by atoms with E-state index in [1.54, 1.807) is 0 Å². The Labute approximate surface area is 93.6 Å². The van der Waals surface area contributed by atoms with Crippen molar-refractivity contribution in [3.05, 3.63) is 16.9 Å². The van der Waals surface area contributed by atoms with Gasteiger partial charge in [0.05, 0.1) is 22.7 Å². The van der Waals surface area contributed by atoms with E-state index >= 15 is 0 Å². The molecule has 0 aliphatic carbocycles. The minimum absolute atomic E-state index is 0.285. The molecule has 1 atom stereocenters. The average Bonchev–Trinajstić information content (AvgIpc) is 2.43. The van der Waals surface area contributed by atoms with Crippen molar-refractivity contribution in [1.29, 1.82) is 0 Å². The van der Waals surface area contributed by atoms with Crippen LogP contribution in [-0.4, -0.2) is 35.3 Å². The first-order chi connectivity index (χ1) is 6.85. The predicted molar refractivity (Wildman–Crippen MR) is 57.6 cm³/mol. The molecule has 7 heteroatoms. The maximum atomic E-state index is 11.0. The predicted octanol–water partition coefficient (Wildman–Crippen LogP) is 0.634. The van der Waals surface area contributed by atoms with Crippen molar-refractivity contribution in [3.63, 3.8) is 0 Å². The molecule has 0 fully saturated rings. The zero-order valence-electron chi connectivity index (χ0n) is 8.51. The molecule has 1 heterocycles. The second-order valence-corrected chi connectivity index (χ2v) is 5.89. The molecular weight excluding hydrogens is 240 g/mol.